The van der Waals surface area contributed by atoms with Gasteiger partial charge in [0.1, 0.15) is 17.3 Å². The summed E-state index contributed by atoms with van der Waals surface area (Å²) >= 11 is 0. The van der Waals surface area contributed by atoms with E-state index in [1.807, 2.05) is 25.9 Å². The van der Waals surface area contributed by atoms with E-state index in [0.29, 0.717) is 49.0 Å². The van der Waals surface area contributed by atoms with Crippen LogP contribution in [0.4, 0.5) is 0 Å². The molecular weight excluding hydrogens is 474 g/mol. The Bertz CT molecular complexity index is 845. The summed E-state index contributed by atoms with van der Waals surface area (Å²) in [5.41, 5.74) is -2.53. The minimum absolute atomic E-state index is 0.208. The number of aliphatic hydroxyl groups is 2. The molecule has 0 saturated heterocycles. The summed E-state index contributed by atoms with van der Waals surface area (Å²) in [7, 11) is 4.00. The number of rotatable bonds is 9. The highest BCUT2D eigenvalue weighted by Gasteiger charge is 2.72. The van der Waals surface area contributed by atoms with Crippen LogP contribution in [0.15, 0.2) is 0 Å². The van der Waals surface area contributed by atoms with Crippen molar-refractivity contribution >= 4 is 5.97 Å². The summed E-state index contributed by atoms with van der Waals surface area (Å²) < 4.78 is 5.78. The number of likely N-dealkylation sites (N-methyl/N-ethyl adjacent to an activating group) is 1. The number of fused-ring (bicyclic) bond motifs is 5. The van der Waals surface area contributed by atoms with E-state index in [4.69, 9.17) is 4.74 Å². The molecule has 0 aromatic carbocycles. The van der Waals surface area contributed by atoms with E-state index in [1.165, 1.54) is 38.5 Å². The third-order valence-electron chi connectivity index (χ3n) is 12.4. The summed E-state index contributed by atoms with van der Waals surface area (Å²) in [6.07, 6.45) is 11.6. The molecule has 0 heterocycles. The molecule has 2 N–H and O–H groups in total. The largest absolute Gasteiger partial charge is 0.462 e. The fraction of sp³-hybridized carbons (Fsp3) is 0.970. The predicted molar refractivity (Wildman–Crippen MR) is 154 cm³/mol. The molecule has 4 rings (SSSR count). The Morgan fingerprint density at radius 1 is 0.974 bits per heavy atom. The molecule has 0 radical (unpaired) electrons. The lowest BCUT2D eigenvalue weighted by atomic mass is 9.39. The Balaban J connectivity index is 1.62. The van der Waals surface area contributed by atoms with Gasteiger partial charge in [-0.3, -0.25) is 4.79 Å². The Morgan fingerprint density at radius 2 is 1.68 bits per heavy atom. The highest BCUT2D eigenvalue weighted by molar-refractivity contribution is 5.69. The zero-order valence-electron chi connectivity index (χ0n) is 25.9. The molecule has 4 saturated carbocycles. The zero-order chi connectivity index (χ0) is 28.1. The van der Waals surface area contributed by atoms with Crippen LogP contribution in [0.25, 0.3) is 0 Å². The van der Waals surface area contributed by atoms with Gasteiger partial charge in [0, 0.05) is 24.8 Å². The van der Waals surface area contributed by atoms with Gasteiger partial charge in [0.2, 0.25) is 0 Å². The lowest BCUT2D eigenvalue weighted by Crippen LogP contribution is -2.76. The van der Waals surface area contributed by atoms with Crippen LogP contribution in [0.2, 0.25) is 0 Å². The van der Waals surface area contributed by atoms with Crippen LogP contribution >= 0.6 is 0 Å². The van der Waals surface area contributed by atoms with E-state index >= 15 is 0 Å². The van der Waals surface area contributed by atoms with Gasteiger partial charge in [-0.25, -0.2) is 0 Å². The second-order valence-electron chi connectivity index (χ2n) is 15.4. The Morgan fingerprint density at radius 3 is 2.32 bits per heavy atom. The standard InChI is InChI=1S/C33H59NO4/c1-9-29(35)38-24-15-18-31(6)28-16-17-30(5)26(23(4)12-10-11-22(2)3)13-14-27(30)25(28)20-32(36,21-34(7)8)33(31,37)19-24/h22-28,36-37H,9-21H2,1-8H3/t23-,24?,25+,26-,27+,28+,30-,31-,32?,33?/m1/s1. The summed E-state index contributed by atoms with van der Waals surface area (Å²) in [4.78, 5) is 14.2. The molecule has 5 nitrogen and oxygen atoms in total. The second-order valence-corrected chi connectivity index (χ2v) is 15.4. The lowest BCUT2D eigenvalue weighted by Gasteiger charge is -2.69. The molecule has 38 heavy (non-hydrogen) atoms. The highest BCUT2D eigenvalue weighted by atomic mass is 16.5. The number of hydrogen-bond acceptors (Lipinski definition) is 5. The van der Waals surface area contributed by atoms with E-state index in [2.05, 4.69) is 34.6 Å². The molecule has 4 aliphatic rings. The first-order chi connectivity index (χ1) is 17.7. The maximum Gasteiger partial charge on any atom is 0.305 e. The number of carbonyl (C=O) groups is 1. The van der Waals surface area contributed by atoms with Crippen molar-refractivity contribution in [1.82, 2.24) is 4.90 Å². The summed E-state index contributed by atoms with van der Waals surface area (Å²) in [5, 5.41) is 25.2. The van der Waals surface area contributed by atoms with Crippen LogP contribution in [0.5, 0.6) is 0 Å². The Labute approximate surface area is 233 Å². The van der Waals surface area contributed by atoms with Gasteiger partial charge in [-0.05, 0) is 100.0 Å². The monoisotopic (exact) mass is 533 g/mol. The molecule has 10 atom stereocenters. The van der Waals surface area contributed by atoms with Crippen molar-refractivity contribution in [2.24, 2.45) is 46.3 Å². The first kappa shape index (κ1) is 30.3. The smallest absolute Gasteiger partial charge is 0.305 e. The van der Waals surface area contributed by atoms with Gasteiger partial charge >= 0.3 is 5.97 Å². The third kappa shape index (κ3) is 5.00. The fourth-order valence-electron chi connectivity index (χ4n) is 10.6. The highest BCUT2D eigenvalue weighted by Crippen LogP contribution is 2.71. The van der Waals surface area contributed by atoms with Crippen LogP contribution < -0.4 is 0 Å². The van der Waals surface area contributed by atoms with Crippen LogP contribution in [0.3, 0.4) is 0 Å². The van der Waals surface area contributed by atoms with Crippen molar-refractivity contribution < 1.29 is 19.7 Å². The van der Waals surface area contributed by atoms with Crippen molar-refractivity contribution in [3.05, 3.63) is 0 Å². The molecule has 0 aromatic rings. The average molecular weight is 534 g/mol. The third-order valence-corrected chi connectivity index (χ3v) is 12.4. The zero-order valence-corrected chi connectivity index (χ0v) is 25.9. The topological polar surface area (TPSA) is 70.0 Å². The van der Waals surface area contributed by atoms with Gasteiger partial charge in [-0.1, -0.05) is 60.8 Å². The van der Waals surface area contributed by atoms with Gasteiger partial charge in [0.15, 0.2) is 0 Å². The summed E-state index contributed by atoms with van der Waals surface area (Å²) in [5.74, 6) is 3.55. The van der Waals surface area contributed by atoms with Crippen molar-refractivity contribution in [2.75, 3.05) is 20.6 Å². The number of nitrogens with zero attached hydrogens (tertiary/aromatic N) is 1. The van der Waals surface area contributed by atoms with Crippen molar-refractivity contribution in [1.29, 1.82) is 0 Å². The van der Waals surface area contributed by atoms with E-state index in [-0.39, 0.29) is 17.5 Å². The molecule has 4 aliphatic carbocycles. The number of esters is 1. The molecule has 3 unspecified atom stereocenters. The summed E-state index contributed by atoms with van der Waals surface area (Å²) in [6.45, 7) is 14.3. The van der Waals surface area contributed by atoms with E-state index in [0.717, 1.165) is 37.0 Å². The maximum absolute atomic E-state index is 12.6. The van der Waals surface area contributed by atoms with Gasteiger partial charge in [0.25, 0.3) is 0 Å². The molecule has 4 fully saturated rings. The Kier molecular flexibility index (Phi) is 8.75. The number of carbonyl (C=O) groups excluding carboxylic acids is 1. The molecule has 0 spiro atoms. The minimum Gasteiger partial charge on any atom is -0.462 e. The normalized spacial score (nSPS) is 45.4. The van der Waals surface area contributed by atoms with Gasteiger partial charge < -0.3 is 19.8 Å². The quantitative estimate of drug-likeness (QED) is 0.334. The molecule has 0 aliphatic heterocycles. The lowest BCUT2D eigenvalue weighted by molar-refractivity contribution is -0.309. The van der Waals surface area contributed by atoms with Gasteiger partial charge in [-0.2, -0.15) is 0 Å². The van der Waals surface area contributed by atoms with Crippen molar-refractivity contribution in [3.8, 4) is 0 Å². The average Bonchev–Trinajstić information content (AvgIpc) is 3.17. The summed E-state index contributed by atoms with van der Waals surface area (Å²) in [6, 6.07) is 0. The van der Waals surface area contributed by atoms with Gasteiger partial charge in [-0.15, -0.1) is 0 Å². The van der Waals surface area contributed by atoms with Crippen LogP contribution in [0, 0.1) is 46.3 Å². The van der Waals surface area contributed by atoms with Crippen molar-refractivity contribution in [3.63, 3.8) is 0 Å². The Hall–Kier alpha value is -0.650. The number of hydrogen-bond donors (Lipinski definition) is 2. The molecule has 0 amide bonds. The maximum atomic E-state index is 12.6. The SMILES string of the molecule is CCC(=O)OC1CC[C@]2(C)[C@H]3CC[C@]4(C)[C@@H]([C@H](C)CCCC(C)C)CC[C@H]4[C@@H]3CC(O)(CN(C)C)C2(O)C1. The second kappa shape index (κ2) is 11.0. The van der Waals surface area contributed by atoms with E-state index in [1.54, 1.807) is 0 Å². The molecule has 0 aromatic heterocycles. The van der Waals surface area contributed by atoms with Crippen molar-refractivity contribution in [2.45, 2.75) is 136 Å². The first-order valence-corrected chi connectivity index (χ1v) is 16.0. The molecular formula is C33H59NO4. The number of ether oxygens (including phenoxy) is 1. The van der Waals surface area contributed by atoms with Crippen LogP contribution in [-0.2, 0) is 9.53 Å². The van der Waals surface area contributed by atoms with E-state index < -0.39 is 11.2 Å². The fourth-order valence-corrected chi connectivity index (χ4v) is 10.6. The van der Waals surface area contributed by atoms with Crippen LogP contribution in [-0.4, -0.2) is 59.0 Å². The van der Waals surface area contributed by atoms with E-state index in [9.17, 15) is 15.0 Å². The van der Waals surface area contributed by atoms with Crippen LogP contribution in [0.1, 0.15) is 119 Å². The molecule has 0 bridgehead atoms. The first-order valence-electron chi connectivity index (χ1n) is 16.0. The minimum atomic E-state index is -1.27. The molecule has 220 valence electrons. The van der Waals surface area contributed by atoms with Gasteiger partial charge in [0.05, 0.1) is 0 Å². The predicted octanol–water partition coefficient (Wildman–Crippen LogP) is 6.45. The molecule has 5 heteroatoms.